The lowest BCUT2D eigenvalue weighted by atomic mass is 10.2. The van der Waals surface area contributed by atoms with Crippen molar-refractivity contribution in [3.05, 3.63) is 34.9 Å². The van der Waals surface area contributed by atoms with E-state index < -0.39 is 11.9 Å². The minimum absolute atomic E-state index is 0.260. The van der Waals surface area contributed by atoms with Crippen molar-refractivity contribution in [2.75, 3.05) is 13.1 Å². The fourth-order valence-electron chi connectivity index (χ4n) is 1.40. The van der Waals surface area contributed by atoms with Gasteiger partial charge in [0.25, 0.3) is 0 Å². The third-order valence-electron chi connectivity index (χ3n) is 2.04. The van der Waals surface area contributed by atoms with E-state index in [0.29, 0.717) is 5.02 Å². The van der Waals surface area contributed by atoms with Gasteiger partial charge in [0.15, 0.2) is 0 Å². The lowest BCUT2D eigenvalue weighted by molar-refractivity contribution is -0.142. The fraction of sp³-hybridized carbons (Fsp3) is 0.273. The number of rotatable bonds is 6. The maximum atomic E-state index is 10.6. The van der Waals surface area contributed by atoms with Gasteiger partial charge in [-0.2, -0.15) is 0 Å². The molecule has 6 heteroatoms. The monoisotopic (exact) mass is 257 g/mol. The number of aliphatic carboxylic acids is 2. The van der Waals surface area contributed by atoms with Crippen LogP contribution in [0.15, 0.2) is 24.3 Å². The van der Waals surface area contributed by atoms with Crippen LogP contribution in [0.5, 0.6) is 0 Å². The van der Waals surface area contributed by atoms with Gasteiger partial charge < -0.3 is 10.2 Å². The van der Waals surface area contributed by atoms with E-state index in [-0.39, 0.29) is 19.6 Å². The predicted octanol–water partition coefficient (Wildman–Crippen LogP) is 1.31. The van der Waals surface area contributed by atoms with E-state index in [4.69, 9.17) is 21.8 Å². The van der Waals surface area contributed by atoms with Crippen molar-refractivity contribution in [1.82, 2.24) is 4.90 Å². The Hall–Kier alpha value is -1.59. The van der Waals surface area contributed by atoms with E-state index in [1.54, 1.807) is 24.3 Å². The molecule has 17 heavy (non-hydrogen) atoms. The van der Waals surface area contributed by atoms with Gasteiger partial charge in [0.2, 0.25) is 0 Å². The minimum atomic E-state index is -1.06. The smallest absolute Gasteiger partial charge is 0.317 e. The summed E-state index contributed by atoms with van der Waals surface area (Å²) in [4.78, 5) is 22.5. The van der Waals surface area contributed by atoms with Gasteiger partial charge in [-0.15, -0.1) is 0 Å². The van der Waals surface area contributed by atoms with Crippen molar-refractivity contribution in [3.8, 4) is 0 Å². The highest BCUT2D eigenvalue weighted by atomic mass is 35.5. The molecular weight excluding hydrogens is 246 g/mol. The Morgan fingerprint density at radius 2 is 1.53 bits per heavy atom. The fourth-order valence-corrected chi connectivity index (χ4v) is 1.52. The molecule has 0 saturated carbocycles. The van der Waals surface area contributed by atoms with Gasteiger partial charge in [-0.1, -0.05) is 23.7 Å². The van der Waals surface area contributed by atoms with E-state index in [2.05, 4.69) is 0 Å². The zero-order chi connectivity index (χ0) is 12.8. The van der Waals surface area contributed by atoms with Crippen LogP contribution in [0.2, 0.25) is 5.02 Å². The van der Waals surface area contributed by atoms with Crippen LogP contribution in [-0.4, -0.2) is 40.1 Å². The summed E-state index contributed by atoms with van der Waals surface area (Å²) in [6.07, 6.45) is 0. The lowest BCUT2D eigenvalue weighted by Crippen LogP contribution is -2.33. The number of hydrogen-bond acceptors (Lipinski definition) is 3. The second-order valence-corrected chi connectivity index (χ2v) is 4.00. The molecule has 0 fully saturated rings. The Bertz CT molecular complexity index is 388. The first-order chi connectivity index (χ1) is 7.97. The van der Waals surface area contributed by atoms with Crippen LogP contribution in [0.25, 0.3) is 0 Å². The molecule has 0 amide bonds. The predicted molar refractivity (Wildman–Crippen MR) is 62.0 cm³/mol. The Labute approximate surface area is 103 Å². The summed E-state index contributed by atoms with van der Waals surface area (Å²) in [7, 11) is 0. The summed E-state index contributed by atoms with van der Waals surface area (Å²) < 4.78 is 0. The molecule has 0 bridgehead atoms. The van der Waals surface area contributed by atoms with Crippen molar-refractivity contribution in [3.63, 3.8) is 0 Å². The first-order valence-electron chi connectivity index (χ1n) is 4.88. The molecule has 1 aromatic rings. The van der Waals surface area contributed by atoms with E-state index in [1.165, 1.54) is 4.90 Å². The standard InChI is InChI=1S/C11H12ClNO4/c12-9-3-1-8(2-4-9)5-13(6-10(14)15)7-11(16)17/h1-4H,5-7H2,(H,14,15)(H,16,17). The van der Waals surface area contributed by atoms with E-state index in [0.717, 1.165) is 5.56 Å². The molecule has 0 heterocycles. The summed E-state index contributed by atoms with van der Waals surface area (Å²) in [5.74, 6) is -2.11. The minimum Gasteiger partial charge on any atom is -0.480 e. The summed E-state index contributed by atoms with van der Waals surface area (Å²) in [5, 5.41) is 17.9. The number of nitrogens with zero attached hydrogens (tertiary/aromatic N) is 1. The second kappa shape index (κ2) is 6.22. The van der Waals surface area contributed by atoms with Gasteiger partial charge in [0.05, 0.1) is 13.1 Å². The van der Waals surface area contributed by atoms with Gasteiger partial charge >= 0.3 is 11.9 Å². The number of halogens is 1. The molecule has 0 aromatic heterocycles. The summed E-state index contributed by atoms with van der Waals surface area (Å²) >= 11 is 5.72. The van der Waals surface area contributed by atoms with Crippen LogP contribution < -0.4 is 0 Å². The van der Waals surface area contributed by atoms with Crippen molar-refractivity contribution in [2.45, 2.75) is 6.54 Å². The summed E-state index contributed by atoms with van der Waals surface area (Å²) in [6, 6.07) is 6.82. The van der Waals surface area contributed by atoms with Crippen molar-refractivity contribution < 1.29 is 19.8 Å². The third-order valence-corrected chi connectivity index (χ3v) is 2.29. The maximum absolute atomic E-state index is 10.6. The SMILES string of the molecule is O=C(O)CN(CC(=O)O)Cc1ccc(Cl)cc1. The first kappa shape index (κ1) is 13.5. The topological polar surface area (TPSA) is 77.8 Å². The first-order valence-corrected chi connectivity index (χ1v) is 5.25. The quantitative estimate of drug-likeness (QED) is 0.803. The number of carbonyl (C=O) groups is 2. The zero-order valence-electron chi connectivity index (χ0n) is 8.97. The highest BCUT2D eigenvalue weighted by molar-refractivity contribution is 6.30. The Morgan fingerprint density at radius 1 is 1.06 bits per heavy atom. The molecule has 0 aliphatic heterocycles. The molecule has 1 rings (SSSR count). The molecule has 1 aromatic carbocycles. The van der Waals surface area contributed by atoms with E-state index >= 15 is 0 Å². The van der Waals surface area contributed by atoms with E-state index in [1.807, 2.05) is 0 Å². The van der Waals surface area contributed by atoms with E-state index in [9.17, 15) is 9.59 Å². The van der Waals surface area contributed by atoms with Crippen molar-refractivity contribution in [2.24, 2.45) is 0 Å². The van der Waals surface area contributed by atoms with Crippen LogP contribution in [-0.2, 0) is 16.1 Å². The highest BCUT2D eigenvalue weighted by Crippen LogP contribution is 2.11. The molecule has 0 aliphatic rings. The molecule has 0 spiro atoms. The number of hydrogen-bond donors (Lipinski definition) is 2. The molecule has 0 atom stereocenters. The molecule has 0 aliphatic carbocycles. The molecule has 5 nitrogen and oxygen atoms in total. The van der Waals surface area contributed by atoms with Crippen LogP contribution in [0.4, 0.5) is 0 Å². The van der Waals surface area contributed by atoms with Gasteiger partial charge in [-0.25, -0.2) is 0 Å². The van der Waals surface area contributed by atoms with Crippen LogP contribution in [0.1, 0.15) is 5.56 Å². The van der Waals surface area contributed by atoms with Crippen LogP contribution >= 0.6 is 11.6 Å². The number of carboxylic acid groups (broad SMARTS) is 2. The zero-order valence-corrected chi connectivity index (χ0v) is 9.72. The van der Waals surface area contributed by atoms with Crippen molar-refractivity contribution in [1.29, 1.82) is 0 Å². The van der Waals surface area contributed by atoms with Gasteiger partial charge in [-0.05, 0) is 17.7 Å². The van der Waals surface area contributed by atoms with Gasteiger partial charge in [0.1, 0.15) is 0 Å². The van der Waals surface area contributed by atoms with Crippen molar-refractivity contribution >= 4 is 23.5 Å². The summed E-state index contributed by atoms with van der Waals surface area (Å²) in [6.45, 7) is -0.361. The average Bonchev–Trinajstić information content (AvgIpc) is 2.19. The Kier molecular flexibility index (Phi) is 4.93. The second-order valence-electron chi connectivity index (χ2n) is 3.56. The highest BCUT2D eigenvalue weighted by Gasteiger charge is 2.13. The average molecular weight is 258 g/mol. The molecule has 2 N–H and O–H groups in total. The lowest BCUT2D eigenvalue weighted by Gasteiger charge is -2.17. The molecule has 92 valence electrons. The molecule has 0 unspecified atom stereocenters. The molecule has 0 radical (unpaired) electrons. The largest absolute Gasteiger partial charge is 0.480 e. The van der Waals surface area contributed by atoms with Crippen LogP contribution in [0, 0.1) is 0 Å². The molecular formula is C11H12ClNO4. The number of benzene rings is 1. The maximum Gasteiger partial charge on any atom is 0.317 e. The molecule has 0 saturated heterocycles. The number of carboxylic acids is 2. The van der Waals surface area contributed by atoms with Gasteiger partial charge in [-0.3, -0.25) is 14.5 Å². The Balaban J connectivity index is 2.67. The van der Waals surface area contributed by atoms with Gasteiger partial charge in [0, 0.05) is 11.6 Å². The third kappa shape index (κ3) is 5.33. The Morgan fingerprint density at radius 3 is 1.94 bits per heavy atom. The summed E-state index contributed by atoms with van der Waals surface area (Å²) in [5.41, 5.74) is 0.817. The normalized spacial score (nSPS) is 10.5. The van der Waals surface area contributed by atoms with Crippen LogP contribution in [0.3, 0.4) is 0 Å².